The van der Waals surface area contributed by atoms with E-state index in [1.54, 1.807) is 16.9 Å². The van der Waals surface area contributed by atoms with E-state index >= 15 is 0 Å². The Labute approximate surface area is 118 Å². The van der Waals surface area contributed by atoms with Gasteiger partial charge in [0.15, 0.2) is 0 Å². The van der Waals surface area contributed by atoms with Crippen molar-refractivity contribution in [3.63, 3.8) is 0 Å². The number of carbonyl (C=O) groups excluding carboxylic acids is 1. The fourth-order valence-corrected chi connectivity index (χ4v) is 2.05. The van der Waals surface area contributed by atoms with Gasteiger partial charge in [-0.1, -0.05) is 6.07 Å². The molecule has 4 nitrogen and oxygen atoms in total. The number of nitrogens with zero attached hydrogens (tertiary/aromatic N) is 2. The summed E-state index contributed by atoms with van der Waals surface area (Å²) in [7, 11) is 1.88. The normalized spacial score (nSPS) is 10.5. The summed E-state index contributed by atoms with van der Waals surface area (Å²) in [5, 5.41) is 7.06. The third-order valence-corrected chi connectivity index (χ3v) is 3.52. The van der Waals surface area contributed by atoms with E-state index in [4.69, 9.17) is 0 Å². The Bertz CT molecular complexity index is 619. The molecule has 0 fully saturated rings. The van der Waals surface area contributed by atoms with E-state index in [0.29, 0.717) is 12.1 Å². The van der Waals surface area contributed by atoms with Crippen LogP contribution >= 0.6 is 12.6 Å². The summed E-state index contributed by atoms with van der Waals surface area (Å²) in [6, 6.07) is 5.55. The number of thiol groups is 1. The van der Waals surface area contributed by atoms with E-state index in [2.05, 4.69) is 23.0 Å². The second kappa shape index (κ2) is 5.48. The molecular formula is C14H17N3OS. The lowest BCUT2D eigenvalue weighted by Crippen LogP contribution is -2.23. The molecule has 0 unspecified atom stereocenters. The first-order valence-corrected chi connectivity index (χ1v) is 6.49. The molecule has 0 saturated carbocycles. The van der Waals surface area contributed by atoms with Gasteiger partial charge >= 0.3 is 0 Å². The molecule has 1 N–H and O–H groups in total. The van der Waals surface area contributed by atoms with Crippen LogP contribution in [0.4, 0.5) is 0 Å². The van der Waals surface area contributed by atoms with Gasteiger partial charge in [0.25, 0.3) is 5.91 Å². The molecule has 1 aromatic heterocycles. The maximum Gasteiger partial charge on any atom is 0.251 e. The average Bonchev–Trinajstić information content (AvgIpc) is 2.70. The molecule has 5 heteroatoms. The highest BCUT2D eigenvalue weighted by Gasteiger charge is 2.10. The minimum atomic E-state index is -0.0864. The Morgan fingerprint density at radius 2 is 2.16 bits per heavy atom. The van der Waals surface area contributed by atoms with Crippen LogP contribution in [-0.2, 0) is 13.6 Å². The van der Waals surface area contributed by atoms with Crippen LogP contribution < -0.4 is 5.32 Å². The highest BCUT2D eigenvalue weighted by Crippen LogP contribution is 2.14. The average molecular weight is 275 g/mol. The molecule has 1 amide bonds. The van der Waals surface area contributed by atoms with Gasteiger partial charge in [-0.2, -0.15) is 5.10 Å². The zero-order valence-corrected chi connectivity index (χ0v) is 12.2. The molecule has 0 atom stereocenters. The van der Waals surface area contributed by atoms with Crippen LogP contribution in [0.25, 0.3) is 0 Å². The second-order valence-corrected chi connectivity index (χ2v) is 5.08. The molecule has 0 saturated heterocycles. The molecule has 0 radical (unpaired) electrons. The number of aryl methyl sites for hydroxylation is 2. The zero-order chi connectivity index (χ0) is 14.0. The molecule has 100 valence electrons. The monoisotopic (exact) mass is 275 g/mol. The predicted octanol–water partition coefficient (Wildman–Crippen LogP) is 2.26. The van der Waals surface area contributed by atoms with E-state index in [9.17, 15) is 4.79 Å². The van der Waals surface area contributed by atoms with E-state index in [1.807, 2.05) is 33.0 Å². The minimum absolute atomic E-state index is 0.0864. The van der Waals surface area contributed by atoms with Gasteiger partial charge in [0, 0.05) is 35.3 Å². The number of aromatic nitrogens is 2. The number of rotatable bonds is 3. The maximum atomic E-state index is 12.1. The molecule has 2 rings (SSSR count). The Morgan fingerprint density at radius 3 is 2.79 bits per heavy atom. The van der Waals surface area contributed by atoms with Crippen molar-refractivity contribution in [1.29, 1.82) is 0 Å². The van der Waals surface area contributed by atoms with Crippen molar-refractivity contribution >= 4 is 18.5 Å². The third-order valence-electron chi connectivity index (χ3n) is 3.24. The summed E-state index contributed by atoms with van der Waals surface area (Å²) >= 11 is 4.26. The van der Waals surface area contributed by atoms with Gasteiger partial charge in [-0.05, 0) is 31.5 Å². The number of hydrogen-bond acceptors (Lipinski definition) is 3. The van der Waals surface area contributed by atoms with Crippen LogP contribution in [0.15, 0.2) is 29.3 Å². The van der Waals surface area contributed by atoms with E-state index in [1.165, 1.54) is 0 Å². The van der Waals surface area contributed by atoms with Crippen molar-refractivity contribution in [2.45, 2.75) is 25.3 Å². The van der Waals surface area contributed by atoms with Gasteiger partial charge in [-0.15, -0.1) is 12.6 Å². The van der Waals surface area contributed by atoms with E-state index < -0.39 is 0 Å². The first-order chi connectivity index (χ1) is 8.99. The fourth-order valence-electron chi connectivity index (χ4n) is 1.84. The summed E-state index contributed by atoms with van der Waals surface area (Å²) in [5.74, 6) is -0.0864. The largest absolute Gasteiger partial charge is 0.348 e. The quantitative estimate of drug-likeness (QED) is 0.844. The van der Waals surface area contributed by atoms with Gasteiger partial charge in [-0.3, -0.25) is 9.48 Å². The maximum absolute atomic E-state index is 12.1. The van der Waals surface area contributed by atoms with Crippen molar-refractivity contribution in [2.24, 2.45) is 7.05 Å². The third kappa shape index (κ3) is 2.98. The van der Waals surface area contributed by atoms with Crippen LogP contribution in [0, 0.1) is 13.8 Å². The Kier molecular flexibility index (Phi) is 3.95. The van der Waals surface area contributed by atoms with E-state index in [-0.39, 0.29) is 5.91 Å². The van der Waals surface area contributed by atoms with Crippen molar-refractivity contribution < 1.29 is 4.79 Å². The lowest BCUT2D eigenvalue weighted by atomic mass is 10.1. The van der Waals surface area contributed by atoms with Crippen molar-refractivity contribution in [2.75, 3.05) is 0 Å². The first-order valence-electron chi connectivity index (χ1n) is 6.04. The van der Waals surface area contributed by atoms with Crippen LogP contribution in [-0.4, -0.2) is 15.7 Å². The standard InChI is InChI=1S/C14H17N3OS/c1-9-4-5-12(19)6-13(9)14(18)15-7-11-8-16-17(3)10(11)2/h4-6,8,19H,7H2,1-3H3,(H,15,18). The van der Waals surface area contributed by atoms with Gasteiger partial charge in [-0.25, -0.2) is 0 Å². The lowest BCUT2D eigenvalue weighted by molar-refractivity contribution is 0.0950. The van der Waals surface area contributed by atoms with Crippen molar-refractivity contribution in [3.8, 4) is 0 Å². The molecule has 2 aromatic rings. The zero-order valence-electron chi connectivity index (χ0n) is 11.3. The molecule has 1 aromatic carbocycles. The van der Waals surface area contributed by atoms with Crippen molar-refractivity contribution in [3.05, 3.63) is 46.8 Å². The molecular weight excluding hydrogens is 258 g/mol. The molecule has 0 aliphatic heterocycles. The van der Waals surface area contributed by atoms with Crippen LogP contribution in [0.1, 0.15) is 27.2 Å². The summed E-state index contributed by atoms with van der Waals surface area (Å²) < 4.78 is 1.79. The molecule has 0 bridgehead atoms. The summed E-state index contributed by atoms with van der Waals surface area (Å²) in [6.07, 6.45) is 1.78. The number of carbonyl (C=O) groups is 1. The van der Waals surface area contributed by atoms with Crippen LogP contribution in [0.3, 0.4) is 0 Å². The predicted molar refractivity (Wildman–Crippen MR) is 77.5 cm³/mol. The fraction of sp³-hybridized carbons (Fsp3) is 0.286. The smallest absolute Gasteiger partial charge is 0.251 e. The second-order valence-electron chi connectivity index (χ2n) is 4.56. The number of nitrogens with one attached hydrogen (secondary N) is 1. The van der Waals surface area contributed by atoms with Crippen LogP contribution in [0.2, 0.25) is 0 Å². The topological polar surface area (TPSA) is 46.9 Å². The SMILES string of the molecule is Cc1ccc(S)cc1C(=O)NCc1cnn(C)c1C. The molecule has 1 heterocycles. The summed E-state index contributed by atoms with van der Waals surface area (Å²) in [5.41, 5.74) is 3.68. The van der Waals surface area contributed by atoms with Crippen molar-refractivity contribution in [1.82, 2.24) is 15.1 Å². The van der Waals surface area contributed by atoms with E-state index in [0.717, 1.165) is 21.7 Å². The number of amides is 1. The lowest BCUT2D eigenvalue weighted by Gasteiger charge is -2.08. The number of hydrogen-bond donors (Lipinski definition) is 2. The summed E-state index contributed by atoms with van der Waals surface area (Å²) in [4.78, 5) is 12.9. The molecule has 0 spiro atoms. The van der Waals surface area contributed by atoms with Crippen LogP contribution in [0.5, 0.6) is 0 Å². The minimum Gasteiger partial charge on any atom is -0.348 e. The number of benzene rings is 1. The van der Waals surface area contributed by atoms with Gasteiger partial charge in [0.05, 0.1) is 6.20 Å². The van der Waals surface area contributed by atoms with Gasteiger partial charge < -0.3 is 5.32 Å². The first kappa shape index (κ1) is 13.7. The van der Waals surface area contributed by atoms with Gasteiger partial charge in [0.1, 0.15) is 0 Å². The Balaban J connectivity index is 2.09. The Morgan fingerprint density at radius 1 is 1.42 bits per heavy atom. The molecule has 19 heavy (non-hydrogen) atoms. The highest BCUT2D eigenvalue weighted by molar-refractivity contribution is 7.80. The Hall–Kier alpha value is -1.75. The molecule has 0 aliphatic carbocycles. The highest BCUT2D eigenvalue weighted by atomic mass is 32.1. The van der Waals surface area contributed by atoms with Gasteiger partial charge in [0.2, 0.25) is 0 Å². The molecule has 0 aliphatic rings. The summed E-state index contributed by atoms with van der Waals surface area (Å²) in [6.45, 7) is 4.38.